The largest absolute Gasteiger partial charge is 0.507 e. The highest BCUT2D eigenvalue weighted by Gasteiger charge is 2.26. The van der Waals surface area contributed by atoms with Gasteiger partial charge in [-0.05, 0) is 40.3 Å². The number of epoxide rings is 2. The van der Waals surface area contributed by atoms with E-state index in [1.165, 1.54) is 11.1 Å². The van der Waals surface area contributed by atoms with Crippen LogP contribution in [0.1, 0.15) is 11.1 Å². The number of rotatable bonds is 8. The zero-order chi connectivity index (χ0) is 23.9. The molecule has 4 heteroatoms. The minimum atomic E-state index is 0.310. The van der Waals surface area contributed by atoms with Gasteiger partial charge in [-0.1, -0.05) is 97.1 Å². The Bertz CT molecular complexity index is 1200. The van der Waals surface area contributed by atoms with E-state index in [9.17, 15) is 5.11 Å². The molecule has 2 unspecified atom stereocenters. The van der Waals surface area contributed by atoms with E-state index < -0.39 is 0 Å². The monoisotopic (exact) mass is 466 g/mol. The predicted molar refractivity (Wildman–Crippen MR) is 139 cm³/mol. The lowest BCUT2D eigenvalue weighted by atomic mass is 9.87. The molecule has 4 nitrogen and oxygen atoms in total. The molecule has 178 valence electrons. The van der Waals surface area contributed by atoms with Gasteiger partial charge in [0.25, 0.3) is 0 Å². The number of aromatic hydroxyl groups is 1. The summed E-state index contributed by atoms with van der Waals surface area (Å²) < 4.78 is 15.1. The molecule has 0 saturated carbocycles. The third-order valence-electron chi connectivity index (χ3n) is 6.06. The van der Waals surface area contributed by atoms with Gasteiger partial charge >= 0.3 is 0 Å². The number of benzene rings is 4. The minimum Gasteiger partial charge on any atom is -0.507 e. The molecule has 35 heavy (non-hydrogen) atoms. The Morgan fingerprint density at radius 1 is 0.657 bits per heavy atom. The summed E-state index contributed by atoms with van der Waals surface area (Å²) >= 11 is 0. The van der Waals surface area contributed by atoms with Crippen LogP contribution in [0, 0.1) is 0 Å². The summed E-state index contributed by atoms with van der Waals surface area (Å²) in [7, 11) is 0. The quantitative estimate of drug-likeness (QED) is 0.318. The summed E-state index contributed by atoms with van der Waals surface area (Å²) in [6.45, 7) is 3.26. The van der Waals surface area contributed by atoms with E-state index in [-0.39, 0.29) is 0 Å². The maximum absolute atomic E-state index is 10.5. The van der Waals surface area contributed by atoms with E-state index in [4.69, 9.17) is 14.2 Å². The van der Waals surface area contributed by atoms with Crippen molar-refractivity contribution in [1.29, 1.82) is 0 Å². The van der Waals surface area contributed by atoms with Gasteiger partial charge in [-0.25, -0.2) is 0 Å². The molecule has 6 rings (SSSR count). The second kappa shape index (κ2) is 11.3. The van der Waals surface area contributed by atoms with Crippen molar-refractivity contribution in [3.8, 4) is 28.0 Å². The van der Waals surface area contributed by atoms with Crippen LogP contribution in [0.3, 0.4) is 0 Å². The van der Waals surface area contributed by atoms with Gasteiger partial charge in [0.05, 0.1) is 26.4 Å². The topological polar surface area (TPSA) is 54.5 Å². The first-order valence-electron chi connectivity index (χ1n) is 12.1. The van der Waals surface area contributed by atoms with Crippen molar-refractivity contribution in [1.82, 2.24) is 0 Å². The Hall–Kier alpha value is -3.44. The Morgan fingerprint density at radius 2 is 1.23 bits per heavy atom. The van der Waals surface area contributed by atoms with E-state index in [1.807, 2.05) is 42.5 Å². The number of phenolic OH excluding ortho intramolecular Hbond substituents is 1. The zero-order valence-electron chi connectivity index (χ0n) is 19.7. The fourth-order valence-electron chi connectivity index (χ4n) is 4.08. The summed E-state index contributed by atoms with van der Waals surface area (Å²) in [6, 6.07) is 34.8. The molecule has 0 radical (unpaired) electrons. The van der Waals surface area contributed by atoms with Gasteiger partial charge in [-0.15, -0.1) is 0 Å². The first kappa shape index (κ1) is 23.3. The standard InChI is InChI=1S/C25H20O.C6H10O3/c26-24-17-8-7-15-23(24)25-21(18-19-10-3-1-4-11-19)14-9-16-22(25)20-12-5-2-6-13-20;1(5-3-8-5)7-2-6-4-9-6/h1-17,26H,18H2;5-6H,1-4H2. The third-order valence-corrected chi connectivity index (χ3v) is 6.06. The van der Waals surface area contributed by atoms with E-state index in [2.05, 4.69) is 54.6 Å². The van der Waals surface area contributed by atoms with Crippen LogP contribution in [-0.2, 0) is 20.6 Å². The molecular weight excluding hydrogens is 436 g/mol. The molecule has 0 aliphatic carbocycles. The van der Waals surface area contributed by atoms with Crippen molar-refractivity contribution in [3.63, 3.8) is 0 Å². The molecule has 2 heterocycles. The second-order valence-electron chi connectivity index (χ2n) is 8.83. The Morgan fingerprint density at radius 3 is 1.86 bits per heavy atom. The lowest BCUT2D eigenvalue weighted by Gasteiger charge is -2.17. The first-order chi connectivity index (χ1) is 17.3. The molecule has 2 fully saturated rings. The molecule has 0 aromatic heterocycles. The average Bonchev–Trinajstić information content (AvgIpc) is 3.83. The van der Waals surface area contributed by atoms with E-state index in [0.29, 0.717) is 18.0 Å². The number of hydrogen-bond acceptors (Lipinski definition) is 4. The lowest BCUT2D eigenvalue weighted by molar-refractivity contribution is 0.102. The molecule has 4 aromatic rings. The lowest BCUT2D eigenvalue weighted by Crippen LogP contribution is -2.06. The van der Waals surface area contributed by atoms with Gasteiger partial charge in [-0.2, -0.15) is 0 Å². The summed E-state index contributed by atoms with van der Waals surface area (Å²) in [5.41, 5.74) is 6.73. The van der Waals surface area contributed by atoms with Crippen molar-refractivity contribution in [3.05, 3.63) is 114 Å². The normalized spacial score (nSPS) is 17.8. The summed E-state index contributed by atoms with van der Waals surface area (Å²) in [5.74, 6) is 0.310. The fraction of sp³-hybridized carbons (Fsp3) is 0.226. The van der Waals surface area contributed by atoms with Crippen LogP contribution in [0.15, 0.2) is 103 Å². The van der Waals surface area contributed by atoms with Crippen LogP contribution < -0.4 is 0 Å². The van der Waals surface area contributed by atoms with E-state index in [1.54, 1.807) is 6.07 Å². The highest BCUT2D eigenvalue weighted by atomic mass is 16.6. The van der Waals surface area contributed by atoms with Crippen LogP contribution in [0.5, 0.6) is 5.75 Å². The number of para-hydroxylation sites is 1. The maximum atomic E-state index is 10.5. The van der Waals surface area contributed by atoms with Gasteiger partial charge in [0.1, 0.15) is 18.0 Å². The molecule has 1 N–H and O–H groups in total. The van der Waals surface area contributed by atoms with Gasteiger partial charge in [0.2, 0.25) is 0 Å². The molecule has 2 saturated heterocycles. The van der Waals surface area contributed by atoms with Crippen molar-refractivity contribution in [2.24, 2.45) is 0 Å². The SMILES string of the molecule is C(OCC1CO1)C1CO1.Oc1ccccc1-c1c(Cc2ccccc2)cccc1-c1ccccc1. The summed E-state index contributed by atoms with van der Waals surface area (Å²) in [5, 5.41) is 10.5. The Kier molecular flexibility index (Phi) is 7.54. The van der Waals surface area contributed by atoms with Crippen LogP contribution in [-0.4, -0.2) is 43.7 Å². The molecule has 0 spiro atoms. The molecule has 0 amide bonds. The van der Waals surface area contributed by atoms with Gasteiger partial charge < -0.3 is 19.3 Å². The third kappa shape index (κ3) is 6.58. The molecule has 0 bridgehead atoms. The van der Waals surface area contributed by atoms with Gasteiger partial charge in [0, 0.05) is 5.56 Å². The fourth-order valence-corrected chi connectivity index (χ4v) is 4.08. The molecule has 4 aromatic carbocycles. The van der Waals surface area contributed by atoms with Crippen molar-refractivity contribution in [2.45, 2.75) is 18.6 Å². The summed E-state index contributed by atoms with van der Waals surface area (Å²) in [4.78, 5) is 0. The Balaban J connectivity index is 0.000000234. The van der Waals surface area contributed by atoms with Crippen LogP contribution in [0.2, 0.25) is 0 Å². The zero-order valence-corrected chi connectivity index (χ0v) is 19.7. The van der Waals surface area contributed by atoms with Crippen LogP contribution in [0.4, 0.5) is 0 Å². The minimum absolute atomic E-state index is 0.310. The summed E-state index contributed by atoms with van der Waals surface area (Å²) in [6.07, 6.45) is 1.61. The van der Waals surface area contributed by atoms with E-state index in [0.717, 1.165) is 55.1 Å². The molecule has 2 aliphatic rings. The number of ether oxygens (including phenoxy) is 3. The van der Waals surface area contributed by atoms with Crippen LogP contribution >= 0.6 is 0 Å². The Labute approximate surface area is 206 Å². The van der Waals surface area contributed by atoms with Crippen LogP contribution in [0.25, 0.3) is 22.3 Å². The second-order valence-corrected chi connectivity index (χ2v) is 8.83. The van der Waals surface area contributed by atoms with Gasteiger partial charge in [-0.3, -0.25) is 0 Å². The highest BCUT2D eigenvalue weighted by molar-refractivity contribution is 5.88. The first-order valence-corrected chi connectivity index (χ1v) is 12.1. The van der Waals surface area contributed by atoms with E-state index >= 15 is 0 Å². The van der Waals surface area contributed by atoms with Crippen molar-refractivity contribution in [2.75, 3.05) is 26.4 Å². The van der Waals surface area contributed by atoms with Gasteiger partial charge in [0.15, 0.2) is 0 Å². The predicted octanol–water partition coefficient (Wildman–Crippen LogP) is 6.12. The number of phenols is 1. The number of hydrogen-bond donors (Lipinski definition) is 1. The molecule has 2 aliphatic heterocycles. The van der Waals surface area contributed by atoms with Crippen molar-refractivity contribution < 1.29 is 19.3 Å². The highest BCUT2D eigenvalue weighted by Crippen LogP contribution is 2.39. The average molecular weight is 467 g/mol. The molecular formula is C31H30O4. The van der Waals surface area contributed by atoms with Crippen molar-refractivity contribution >= 4 is 0 Å². The molecule has 2 atom stereocenters. The smallest absolute Gasteiger partial charge is 0.123 e. The maximum Gasteiger partial charge on any atom is 0.123 e.